The zero-order valence-electron chi connectivity index (χ0n) is 11.2. The number of halogens is 4. The highest BCUT2D eigenvalue weighted by Gasteiger charge is 2.11. The molecule has 0 saturated heterocycles. The summed E-state index contributed by atoms with van der Waals surface area (Å²) in [5.74, 6) is 0.516. The zero-order chi connectivity index (χ0) is 15.4. The third-order valence-corrected chi connectivity index (χ3v) is 4.51. The average Bonchev–Trinajstić information content (AvgIpc) is 2.43. The highest BCUT2D eigenvalue weighted by atomic mass is 79.9. The van der Waals surface area contributed by atoms with Crippen molar-refractivity contribution < 1.29 is 9.13 Å². The summed E-state index contributed by atoms with van der Waals surface area (Å²) >= 11 is 10.4. The van der Waals surface area contributed by atoms with Crippen LogP contribution in [0.25, 0.3) is 0 Å². The van der Waals surface area contributed by atoms with Crippen LogP contribution in [0, 0.1) is 5.82 Å². The lowest BCUT2D eigenvalue weighted by atomic mass is 10.2. The quantitative estimate of drug-likeness (QED) is 0.555. The van der Waals surface area contributed by atoms with Crippen molar-refractivity contribution in [2.45, 2.75) is 13.5 Å². The molecule has 0 aliphatic rings. The fourth-order valence-corrected chi connectivity index (χ4v) is 3.69. The standard InChI is InChI=1S/C15H13Br3FNO/c1-2-21-15-9(5-10(16)6-13(15)18)8-20-14-7-11(19)3-4-12(14)17/h3-7,20H,2,8H2,1H3. The van der Waals surface area contributed by atoms with Crippen molar-refractivity contribution in [1.29, 1.82) is 0 Å². The van der Waals surface area contributed by atoms with Gasteiger partial charge < -0.3 is 10.1 Å². The summed E-state index contributed by atoms with van der Waals surface area (Å²) in [6.45, 7) is 3.04. The molecule has 0 aliphatic carbocycles. The third kappa shape index (κ3) is 4.44. The molecule has 2 aromatic carbocycles. The monoisotopic (exact) mass is 479 g/mol. The Bertz CT molecular complexity index is 649. The molecule has 21 heavy (non-hydrogen) atoms. The second kappa shape index (κ2) is 7.61. The van der Waals surface area contributed by atoms with Crippen molar-refractivity contribution in [3.8, 4) is 5.75 Å². The number of ether oxygens (including phenoxy) is 1. The van der Waals surface area contributed by atoms with Gasteiger partial charge >= 0.3 is 0 Å². The van der Waals surface area contributed by atoms with Crippen molar-refractivity contribution in [2.75, 3.05) is 11.9 Å². The number of rotatable bonds is 5. The lowest BCUT2D eigenvalue weighted by Crippen LogP contribution is -2.04. The maximum absolute atomic E-state index is 13.3. The van der Waals surface area contributed by atoms with Gasteiger partial charge in [-0.25, -0.2) is 4.39 Å². The minimum atomic E-state index is -0.277. The van der Waals surface area contributed by atoms with Gasteiger partial charge in [0, 0.05) is 21.1 Å². The molecule has 0 spiro atoms. The van der Waals surface area contributed by atoms with Gasteiger partial charge in [0.25, 0.3) is 0 Å². The average molecular weight is 482 g/mol. The Morgan fingerprint density at radius 1 is 1.10 bits per heavy atom. The van der Waals surface area contributed by atoms with E-state index in [9.17, 15) is 4.39 Å². The summed E-state index contributed by atoms with van der Waals surface area (Å²) in [7, 11) is 0. The van der Waals surface area contributed by atoms with E-state index in [4.69, 9.17) is 4.74 Å². The smallest absolute Gasteiger partial charge is 0.138 e. The van der Waals surface area contributed by atoms with E-state index in [0.29, 0.717) is 18.8 Å². The molecule has 6 heteroatoms. The molecule has 0 atom stereocenters. The van der Waals surface area contributed by atoms with Gasteiger partial charge in [-0.1, -0.05) is 15.9 Å². The van der Waals surface area contributed by atoms with Crippen LogP contribution < -0.4 is 10.1 Å². The Hall–Kier alpha value is -0.590. The molecule has 0 aliphatic heterocycles. The van der Waals surface area contributed by atoms with E-state index in [-0.39, 0.29) is 5.82 Å². The Morgan fingerprint density at radius 2 is 1.86 bits per heavy atom. The summed E-state index contributed by atoms with van der Waals surface area (Å²) in [5.41, 5.74) is 1.68. The van der Waals surface area contributed by atoms with Gasteiger partial charge in [0.05, 0.1) is 16.8 Å². The number of nitrogens with one attached hydrogen (secondary N) is 1. The van der Waals surface area contributed by atoms with Crippen LogP contribution in [0.2, 0.25) is 0 Å². The van der Waals surface area contributed by atoms with Crippen LogP contribution in [0.3, 0.4) is 0 Å². The highest BCUT2D eigenvalue weighted by molar-refractivity contribution is 9.11. The number of hydrogen-bond donors (Lipinski definition) is 1. The van der Waals surface area contributed by atoms with Crippen molar-refractivity contribution in [2.24, 2.45) is 0 Å². The highest BCUT2D eigenvalue weighted by Crippen LogP contribution is 2.34. The molecule has 0 aromatic heterocycles. The van der Waals surface area contributed by atoms with E-state index in [0.717, 1.165) is 24.7 Å². The Morgan fingerprint density at radius 3 is 2.57 bits per heavy atom. The van der Waals surface area contributed by atoms with E-state index in [1.54, 1.807) is 6.07 Å². The first kappa shape index (κ1) is 16.8. The minimum Gasteiger partial charge on any atom is -0.492 e. The second-order valence-corrected chi connectivity index (χ2v) is 6.91. The third-order valence-electron chi connectivity index (χ3n) is 2.77. The summed E-state index contributed by atoms with van der Waals surface area (Å²) < 4.78 is 21.6. The van der Waals surface area contributed by atoms with Crippen LogP contribution in [0.4, 0.5) is 10.1 Å². The molecule has 0 unspecified atom stereocenters. The molecule has 2 aromatic rings. The first-order valence-electron chi connectivity index (χ1n) is 6.31. The maximum atomic E-state index is 13.3. The zero-order valence-corrected chi connectivity index (χ0v) is 16.0. The predicted molar refractivity (Wildman–Crippen MR) is 94.4 cm³/mol. The Kier molecular flexibility index (Phi) is 6.08. The van der Waals surface area contributed by atoms with E-state index < -0.39 is 0 Å². The molecule has 0 bridgehead atoms. The number of benzene rings is 2. The van der Waals surface area contributed by atoms with Crippen LogP contribution in [0.1, 0.15) is 12.5 Å². The van der Waals surface area contributed by atoms with Crippen LogP contribution in [0.5, 0.6) is 5.75 Å². The normalized spacial score (nSPS) is 10.5. The summed E-state index contributed by atoms with van der Waals surface area (Å²) in [6.07, 6.45) is 0. The van der Waals surface area contributed by atoms with Gasteiger partial charge in [-0.15, -0.1) is 0 Å². The molecule has 2 rings (SSSR count). The van der Waals surface area contributed by atoms with Crippen LogP contribution >= 0.6 is 47.8 Å². The summed E-state index contributed by atoms with van der Waals surface area (Å²) in [4.78, 5) is 0. The fraction of sp³-hybridized carbons (Fsp3) is 0.200. The summed E-state index contributed by atoms with van der Waals surface area (Å²) in [6, 6.07) is 8.47. The van der Waals surface area contributed by atoms with E-state index in [1.165, 1.54) is 12.1 Å². The van der Waals surface area contributed by atoms with Crippen molar-refractivity contribution in [3.05, 3.63) is 55.1 Å². The molecular formula is C15H13Br3FNO. The van der Waals surface area contributed by atoms with Crippen molar-refractivity contribution in [3.63, 3.8) is 0 Å². The predicted octanol–water partition coefficient (Wildman–Crippen LogP) is 6.12. The molecule has 0 saturated carbocycles. The Labute approximate surface area is 148 Å². The van der Waals surface area contributed by atoms with Gasteiger partial charge in [-0.3, -0.25) is 0 Å². The van der Waals surface area contributed by atoms with E-state index in [2.05, 4.69) is 53.1 Å². The fourth-order valence-electron chi connectivity index (χ4n) is 1.87. The first-order valence-corrected chi connectivity index (χ1v) is 8.68. The molecule has 112 valence electrons. The maximum Gasteiger partial charge on any atom is 0.138 e. The van der Waals surface area contributed by atoms with Crippen LogP contribution in [-0.2, 0) is 6.54 Å². The van der Waals surface area contributed by atoms with E-state index >= 15 is 0 Å². The summed E-state index contributed by atoms with van der Waals surface area (Å²) in [5, 5.41) is 3.21. The van der Waals surface area contributed by atoms with Crippen LogP contribution in [0.15, 0.2) is 43.7 Å². The molecule has 2 nitrogen and oxygen atoms in total. The van der Waals surface area contributed by atoms with Gasteiger partial charge in [0.1, 0.15) is 11.6 Å². The molecular weight excluding hydrogens is 469 g/mol. The molecule has 0 heterocycles. The largest absolute Gasteiger partial charge is 0.492 e. The van der Waals surface area contributed by atoms with Gasteiger partial charge in [-0.2, -0.15) is 0 Å². The van der Waals surface area contributed by atoms with Crippen molar-refractivity contribution >= 4 is 53.5 Å². The van der Waals surface area contributed by atoms with Crippen molar-refractivity contribution in [1.82, 2.24) is 0 Å². The van der Waals surface area contributed by atoms with Crippen LogP contribution in [-0.4, -0.2) is 6.61 Å². The second-order valence-electron chi connectivity index (χ2n) is 4.29. The Balaban J connectivity index is 2.25. The molecule has 0 fully saturated rings. The topological polar surface area (TPSA) is 21.3 Å². The van der Waals surface area contributed by atoms with Gasteiger partial charge in [-0.05, 0) is 69.1 Å². The van der Waals surface area contributed by atoms with E-state index in [1.807, 2.05) is 19.1 Å². The molecule has 1 N–H and O–H groups in total. The number of anilines is 1. The van der Waals surface area contributed by atoms with Gasteiger partial charge in [0.15, 0.2) is 0 Å². The lowest BCUT2D eigenvalue weighted by Gasteiger charge is -2.15. The number of hydrogen-bond acceptors (Lipinski definition) is 2. The lowest BCUT2D eigenvalue weighted by molar-refractivity contribution is 0.334. The minimum absolute atomic E-state index is 0.277. The SMILES string of the molecule is CCOc1c(Br)cc(Br)cc1CNc1cc(F)ccc1Br. The molecule has 0 amide bonds. The molecule has 0 radical (unpaired) electrons. The first-order chi connectivity index (χ1) is 10.0. The van der Waals surface area contributed by atoms with Gasteiger partial charge in [0.2, 0.25) is 0 Å².